The minimum atomic E-state index is -0.878. The van der Waals surface area contributed by atoms with Crippen molar-refractivity contribution in [1.82, 2.24) is 10.6 Å². The predicted molar refractivity (Wildman–Crippen MR) is 89.5 cm³/mol. The number of amides is 3. The molecule has 24 heavy (non-hydrogen) atoms. The Bertz CT molecular complexity index is 610. The number of carbonyl (C=O) groups is 3. The second-order valence-corrected chi connectivity index (χ2v) is 6.01. The number of para-hydroxylation sites is 1. The molecular weight excluding hydrogens is 310 g/mol. The van der Waals surface area contributed by atoms with Crippen LogP contribution >= 0.6 is 0 Å². The number of aliphatic hydroxyl groups excluding tert-OH is 1. The van der Waals surface area contributed by atoms with E-state index in [-0.39, 0.29) is 24.2 Å². The number of nitrogens with one attached hydrogen (secondary N) is 3. The first kappa shape index (κ1) is 17.9. The number of anilines is 1. The van der Waals surface area contributed by atoms with Crippen molar-refractivity contribution < 1.29 is 19.5 Å². The average Bonchev–Trinajstić information content (AvgIpc) is 3.05. The number of rotatable bonds is 5. The number of carbonyl (C=O) groups excluding carboxylic acids is 3. The first-order valence-corrected chi connectivity index (χ1v) is 8.14. The van der Waals surface area contributed by atoms with Gasteiger partial charge in [-0.2, -0.15) is 0 Å². The van der Waals surface area contributed by atoms with Crippen molar-refractivity contribution in [3.8, 4) is 0 Å². The molecular formula is C17H23N3O4. The van der Waals surface area contributed by atoms with Gasteiger partial charge < -0.3 is 21.1 Å². The Morgan fingerprint density at radius 3 is 2.50 bits per heavy atom. The van der Waals surface area contributed by atoms with Crippen LogP contribution in [0, 0.1) is 0 Å². The quantitative estimate of drug-likeness (QED) is 0.598. The van der Waals surface area contributed by atoms with Crippen molar-refractivity contribution in [3.63, 3.8) is 0 Å². The lowest BCUT2D eigenvalue weighted by molar-refractivity contribution is -0.136. The number of hydrogen-bond donors (Lipinski definition) is 4. The molecule has 1 aliphatic rings. The third kappa shape index (κ3) is 5.06. The number of benzene rings is 1. The van der Waals surface area contributed by atoms with Gasteiger partial charge >= 0.3 is 11.8 Å². The molecule has 0 heterocycles. The van der Waals surface area contributed by atoms with Gasteiger partial charge in [-0.25, -0.2) is 0 Å². The summed E-state index contributed by atoms with van der Waals surface area (Å²) in [5, 5.41) is 16.8. The van der Waals surface area contributed by atoms with Gasteiger partial charge in [0, 0.05) is 12.6 Å². The van der Waals surface area contributed by atoms with Gasteiger partial charge in [0.2, 0.25) is 0 Å². The van der Waals surface area contributed by atoms with E-state index in [2.05, 4.69) is 16.0 Å². The first-order chi connectivity index (χ1) is 11.5. The van der Waals surface area contributed by atoms with Crippen LogP contribution < -0.4 is 16.0 Å². The van der Waals surface area contributed by atoms with Crippen LogP contribution in [0.15, 0.2) is 24.3 Å². The first-order valence-electron chi connectivity index (χ1n) is 8.14. The average molecular weight is 333 g/mol. The van der Waals surface area contributed by atoms with E-state index in [1.807, 2.05) is 0 Å². The highest BCUT2D eigenvalue weighted by atomic mass is 16.3. The Morgan fingerprint density at radius 2 is 1.83 bits per heavy atom. The molecule has 1 atom stereocenters. The van der Waals surface area contributed by atoms with Crippen LogP contribution in [-0.2, 0) is 9.59 Å². The maximum atomic E-state index is 12.4. The summed E-state index contributed by atoms with van der Waals surface area (Å²) in [6.45, 7) is 1.48. The van der Waals surface area contributed by atoms with E-state index in [9.17, 15) is 14.4 Å². The van der Waals surface area contributed by atoms with Gasteiger partial charge in [0.25, 0.3) is 5.91 Å². The molecule has 1 fully saturated rings. The Balaban J connectivity index is 2.01. The SMILES string of the molecule is C[C@H](O)CNC(=O)C(=O)Nc1ccccc1C(=O)NC1CCCC1. The molecule has 4 N–H and O–H groups in total. The topological polar surface area (TPSA) is 108 Å². The third-order valence-electron chi connectivity index (χ3n) is 3.87. The zero-order chi connectivity index (χ0) is 17.5. The van der Waals surface area contributed by atoms with Crippen LogP contribution in [0.2, 0.25) is 0 Å². The molecule has 130 valence electrons. The van der Waals surface area contributed by atoms with Crippen molar-refractivity contribution in [2.24, 2.45) is 0 Å². The molecule has 0 spiro atoms. The summed E-state index contributed by atoms with van der Waals surface area (Å²) in [4.78, 5) is 36.0. The molecule has 3 amide bonds. The maximum absolute atomic E-state index is 12.4. The smallest absolute Gasteiger partial charge is 0.313 e. The van der Waals surface area contributed by atoms with E-state index in [1.165, 1.54) is 6.92 Å². The molecule has 7 heteroatoms. The van der Waals surface area contributed by atoms with Crippen LogP contribution in [0.25, 0.3) is 0 Å². The third-order valence-corrected chi connectivity index (χ3v) is 3.87. The summed E-state index contributed by atoms with van der Waals surface area (Å²) in [6.07, 6.45) is 3.38. The number of hydrogen-bond acceptors (Lipinski definition) is 4. The van der Waals surface area contributed by atoms with E-state index in [0.717, 1.165) is 25.7 Å². The van der Waals surface area contributed by atoms with Gasteiger partial charge in [-0.1, -0.05) is 25.0 Å². The van der Waals surface area contributed by atoms with E-state index in [1.54, 1.807) is 24.3 Å². The minimum absolute atomic E-state index is 0.0178. The fraction of sp³-hybridized carbons (Fsp3) is 0.471. The van der Waals surface area contributed by atoms with Gasteiger partial charge in [0.1, 0.15) is 0 Å². The lowest BCUT2D eigenvalue weighted by Crippen LogP contribution is -2.39. The normalized spacial score (nSPS) is 15.6. The minimum Gasteiger partial charge on any atom is -0.392 e. The molecule has 0 bridgehead atoms. The molecule has 1 aromatic carbocycles. The summed E-state index contributed by atoms with van der Waals surface area (Å²) in [5.74, 6) is -2.00. The van der Waals surface area contributed by atoms with Crippen molar-refractivity contribution >= 4 is 23.4 Å². The fourth-order valence-corrected chi connectivity index (χ4v) is 2.62. The maximum Gasteiger partial charge on any atom is 0.313 e. The van der Waals surface area contributed by atoms with Crippen LogP contribution in [0.4, 0.5) is 5.69 Å². The van der Waals surface area contributed by atoms with Crippen LogP contribution in [0.1, 0.15) is 43.0 Å². The monoisotopic (exact) mass is 333 g/mol. The molecule has 7 nitrogen and oxygen atoms in total. The molecule has 0 radical (unpaired) electrons. The van der Waals surface area contributed by atoms with E-state index >= 15 is 0 Å². The molecule has 1 aromatic rings. The van der Waals surface area contributed by atoms with Crippen molar-refractivity contribution in [2.45, 2.75) is 44.8 Å². The predicted octanol–water partition coefficient (Wildman–Crippen LogP) is 0.794. The Labute approximate surface area is 140 Å². The molecule has 0 aromatic heterocycles. The van der Waals surface area contributed by atoms with Gasteiger partial charge in [-0.3, -0.25) is 14.4 Å². The molecule has 1 saturated carbocycles. The standard InChI is InChI=1S/C17H23N3O4/c1-11(21)10-18-16(23)17(24)20-14-9-5-4-8-13(14)15(22)19-12-6-2-3-7-12/h4-5,8-9,11-12,21H,2-3,6-7,10H2,1H3,(H,18,23)(H,19,22)(H,20,24)/t11-/m0/s1. The molecule has 0 aliphatic heterocycles. The van der Waals surface area contributed by atoms with Crippen LogP contribution in [-0.4, -0.2) is 41.5 Å². The summed E-state index contributed by atoms with van der Waals surface area (Å²) < 4.78 is 0. The zero-order valence-corrected chi connectivity index (χ0v) is 13.7. The fourth-order valence-electron chi connectivity index (χ4n) is 2.62. The molecule has 1 aliphatic carbocycles. The molecule has 0 saturated heterocycles. The van der Waals surface area contributed by atoms with E-state index in [4.69, 9.17) is 5.11 Å². The largest absolute Gasteiger partial charge is 0.392 e. The van der Waals surface area contributed by atoms with Gasteiger partial charge in [0.15, 0.2) is 0 Å². The van der Waals surface area contributed by atoms with E-state index < -0.39 is 17.9 Å². The zero-order valence-electron chi connectivity index (χ0n) is 13.7. The van der Waals surface area contributed by atoms with Crippen LogP contribution in [0.3, 0.4) is 0 Å². The van der Waals surface area contributed by atoms with Crippen molar-refractivity contribution in [3.05, 3.63) is 29.8 Å². The number of aliphatic hydroxyl groups is 1. The second-order valence-electron chi connectivity index (χ2n) is 6.01. The summed E-state index contributed by atoms with van der Waals surface area (Å²) in [5.41, 5.74) is 0.603. The second kappa shape index (κ2) is 8.44. The van der Waals surface area contributed by atoms with Crippen molar-refractivity contribution in [1.29, 1.82) is 0 Å². The summed E-state index contributed by atoms with van der Waals surface area (Å²) >= 11 is 0. The van der Waals surface area contributed by atoms with E-state index in [0.29, 0.717) is 5.56 Å². The Morgan fingerprint density at radius 1 is 1.17 bits per heavy atom. The lowest BCUT2D eigenvalue weighted by Gasteiger charge is -2.15. The van der Waals surface area contributed by atoms with Gasteiger partial charge in [-0.15, -0.1) is 0 Å². The van der Waals surface area contributed by atoms with Crippen LogP contribution in [0.5, 0.6) is 0 Å². The summed E-state index contributed by atoms with van der Waals surface area (Å²) in [7, 11) is 0. The summed E-state index contributed by atoms with van der Waals surface area (Å²) in [6, 6.07) is 6.72. The highest BCUT2D eigenvalue weighted by molar-refractivity contribution is 6.40. The highest BCUT2D eigenvalue weighted by Gasteiger charge is 2.21. The molecule has 0 unspecified atom stereocenters. The Kier molecular flexibility index (Phi) is 6.31. The highest BCUT2D eigenvalue weighted by Crippen LogP contribution is 2.20. The van der Waals surface area contributed by atoms with Gasteiger partial charge in [0.05, 0.1) is 17.4 Å². The van der Waals surface area contributed by atoms with Gasteiger partial charge in [-0.05, 0) is 31.9 Å². The van der Waals surface area contributed by atoms with Crippen molar-refractivity contribution in [2.75, 3.05) is 11.9 Å². The molecule has 2 rings (SSSR count). The lowest BCUT2D eigenvalue weighted by atomic mass is 10.1. The Hall–Kier alpha value is -2.41.